The molecule has 1 aromatic heterocycles. The molecule has 0 saturated heterocycles. The van der Waals surface area contributed by atoms with E-state index < -0.39 is 5.63 Å². The molecule has 0 unspecified atom stereocenters. The van der Waals surface area contributed by atoms with E-state index in [4.69, 9.17) is 4.42 Å². The predicted molar refractivity (Wildman–Crippen MR) is 118 cm³/mol. The fraction of sp³-hybridized carbons (Fsp3) is 0.292. The minimum Gasteiger partial charge on any atom is -0.423 e. The maximum atomic E-state index is 11.5. The number of benzene rings is 2. The number of hydrogen-bond acceptors (Lipinski definition) is 5. The zero-order chi connectivity index (χ0) is 20.9. The highest BCUT2D eigenvalue weighted by Gasteiger charge is 2.18. The summed E-state index contributed by atoms with van der Waals surface area (Å²) >= 11 is 0. The van der Waals surface area contributed by atoms with E-state index in [-0.39, 0.29) is 10.6 Å². The Labute approximate surface area is 174 Å². The van der Waals surface area contributed by atoms with Crippen LogP contribution in [0.4, 0.5) is 5.69 Å². The summed E-state index contributed by atoms with van der Waals surface area (Å²) in [7, 11) is 0. The number of aryl methyl sites for hydroxylation is 1. The van der Waals surface area contributed by atoms with Crippen molar-refractivity contribution in [3.05, 3.63) is 92.3 Å². The van der Waals surface area contributed by atoms with Gasteiger partial charge in [-0.15, -0.1) is 0 Å². The van der Waals surface area contributed by atoms with Gasteiger partial charge in [-0.1, -0.05) is 36.4 Å². The van der Waals surface area contributed by atoms with Crippen LogP contribution < -0.4 is 5.63 Å². The number of hydrogen-bond donors (Lipinski definition) is 0. The van der Waals surface area contributed by atoms with Crippen LogP contribution in [-0.2, 0) is 6.42 Å². The molecule has 0 spiro atoms. The predicted octanol–water partition coefficient (Wildman–Crippen LogP) is 4.81. The summed E-state index contributed by atoms with van der Waals surface area (Å²) in [6, 6.07) is 16.4. The van der Waals surface area contributed by atoms with E-state index in [1.165, 1.54) is 29.3 Å². The molecular formula is C24H24N2O4. The van der Waals surface area contributed by atoms with Gasteiger partial charge in [0.1, 0.15) is 5.58 Å². The Morgan fingerprint density at radius 1 is 1.03 bits per heavy atom. The Hall–Kier alpha value is -3.25. The van der Waals surface area contributed by atoms with Crippen LogP contribution in [-0.4, -0.2) is 29.5 Å². The van der Waals surface area contributed by atoms with Gasteiger partial charge in [0.15, 0.2) is 0 Å². The minimum absolute atomic E-state index is 0.0877. The standard InChI is InChI=1S/C24H24N2O4/c27-24-12-9-21-20(22(26(28)29)10-11-23(21)30-24)8-4-5-15-25-16-13-19(14-17-25)18-6-2-1-3-7-18/h1-3,6-7,9-13H,4-5,8,14-17H2. The minimum atomic E-state index is -0.449. The topological polar surface area (TPSA) is 76.6 Å². The fourth-order valence-corrected chi connectivity index (χ4v) is 4.10. The molecule has 2 heterocycles. The average molecular weight is 404 g/mol. The van der Waals surface area contributed by atoms with Crippen LogP contribution >= 0.6 is 0 Å². The Bertz CT molecular complexity index is 1130. The van der Waals surface area contributed by atoms with Gasteiger partial charge in [0, 0.05) is 36.2 Å². The molecule has 0 aliphatic carbocycles. The van der Waals surface area contributed by atoms with E-state index in [9.17, 15) is 14.9 Å². The molecule has 2 aromatic carbocycles. The highest BCUT2D eigenvalue weighted by atomic mass is 16.6. The van der Waals surface area contributed by atoms with Crippen molar-refractivity contribution >= 4 is 22.2 Å². The quantitative estimate of drug-likeness (QED) is 0.244. The van der Waals surface area contributed by atoms with Crippen molar-refractivity contribution in [2.75, 3.05) is 19.6 Å². The third-order valence-corrected chi connectivity index (χ3v) is 5.67. The number of fused-ring (bicyclic) bond motifs is 1. The third-order valence-electron chi connectivity index (χ3n) is 5.67. The third kappa shape index (κ3) is 4.49. The van der Waals surface area contributed by atoms with Crippen molar-refractivity contribution in [2.45, 2.75) is 25.7 Å². The number of nitrogens with zero attached hydrogens (tertiary/aromatic N) is 2. The molecule has 1 aliphatic heterocycles. The summed E-state index contributed by atoms with van der Waals surface area (Å²) < 4.78 is 5.19. The van der Waals surface area contributed by atoms with Crippen molar-refractivity contribution in [3.63, 3.8) is 0 Å². The van der Waals surface area contributed by atoms with Crippen LogP contribution in [0, 0.1) is 10.1 Å². The summed E-state index contributed by atoms with van der Waals surface area (Å²) in [6.45, 7) is 2.93. The molecule has 0 atom stereocenters. The Balaban J connectivity index is 1.37. The Kier molecular flexibility index (Phi) is 6.05. The first kappa shape index (κ1) is 20.0. The van der Waals surface area contributed by atoms with Crippen LogP contribution in [0.5, 0.6) is 0 Å². The smallest absolute Gasteiger partial charge is 0.336 e. The maximum Gasteiger partial charge on any atom is 0.336 e. The Morgan fingerprint density at radius 3 is 2.60 bits per heavy atom. The van der Waals surface area contributed by atoms with Gasteiger partial charge in [-0.2, -0.15) is 0 Å². The van der Waals surface area contributed by atoms with Crippen LogP contribution in [0.3, 0.4) is 0 Å². The zero-order valence-electron chi connectivity index (χ0n) is 16.8. The fourth-order valence-electron chi connectivity index (χ4n) is 4.10. The lowest BCUT2D eigenvalue weighted by atomic mass is 9.99. The number of rotatable bonds is 7. The lowest BCUT2D eigenvalue weighted by Crippen LogP contribution is -2.29. The van der Waals surface area contributed by atoms with Gasteiger partial charge in [0.05, 0.1) is 4.92 Å². The van der Waals surface area contributed by atoms with Crippen LogP contribution in [0.2, 0.25) is 0 Å². The first-order valence-electron chi connectivity index (χ1n) is 10.3. The molecule has 0 radical (unpaired) electrons. The molecule has 30 heavy (non-hydrogen) atoms. The van der Waals surface area contributed by atoms with Crippen LogP contribution in [0.15, 0.2) is 69.9 Å². The van der Waals surface area contributed by atoms with Crippen molar-refractivity contribution in [2.24, 2.45) is 0 Å². The van der Waals surface area contributed by atoms with E-state index in [0.717, 1.165) is 38.9 Å². The second-order valence-corrected chi connectivity index (χ2v) is 7.59. The van der Waals surface area contributed by atoms with Crippen molar-refractivity contribution < 1.29 is 9.34 Å². The van der Waals surface area contributed by atoms with Gasteiger partial charge >= 0.3 is 5.63 Å². The summed E-state index contributed by atoms with van der Waals surface area (Å²) in [5.41, 5.74) is 3.38. The first-order valence-corrected chi connectivity index (χ1v) is 10.3. The first-order chi connectivity index (χ1) is 14.6. The van der Waals surface area contributed by atoms with Crippen molar-refractivity contribution in [1.82, 2.24) is 4.90 Å². The van der Waals surface area contributed by atoms with Gasteiger partial charge in [-0.05, 0) is 55.5 Å². The van der Waals surface area contributed by atoms with Crippen LogP contribution in [0.1, 0.15) is 30.4 Å². The van der Waals surface area contributed by atoms with E-state index >= 15 is 0 Å². The normalized spacial score (nSPS) is 14.6. The van der Waals surface area contributed by atoms with Gasteiger partial charge in [-0.3, -0.25) is 15.0 Å². The van der Waals surface area contributed by atoms with Gasteiger partial charge in [0.2, 0.25) is 0 Å². The Morgan fingerprint density at radius 2 is 1.87 bits per heavy atom. The summed E-state index contributed by atoms with van der Waals surface area (Å²) in [4.78, 5) is 25.0. The molecule has 0 fully saturated rings. The number of nitro benzene ring substituents is 1. The summed E-state index contributed by atoms with van der Waals surface area (Å²) in [5.74, 6) is 0. The summed E-state index contributed by atoms with van der Waals surface area (Å²) in [6.07, 6.45) is 5.72. The molecule has 0 saturated carbocycles. The molecule has 6 nitrogen and oxygen atoms in total. The lowest BCUT2D eigenvalue weighted by molar-refractivity contribution is -0.385. The second kappa shape index (κ2) is 9.05. The van der Waals surface area contributed by atoms with Gasteiger partial charge in [0.25, 0.3) is 5.69 Å². The summed E-state index contributed by atoms with van der Waals surface area (Å²) in [5, 5.41) is 12.1. The molecule has 1 aliphatic rings. The molecule has 154 valence electrons. The molecular weight excluding hydrogens is 380 g/mol. The monoisotopic (exact) mass is 404 g/mol. The molecule has 0 N–H and O–H groups in total. The number of nitro groups is 1. The highest BCUT2D eigenvalue weighted by Crippen LogP contribution is 2.29. The highest BCUT2D eigenvalue weighted by molar-refractivity contribution is 5.84. The maximum absolute atomic E-state index is 11.5. The molecule has 0 amide bonds. The van der Waals surface area contributed by atoms with E-state index in [2.05, 4.69) is 35.2 Å². The number of unbranched alkanes of at least 4 members (excludes halogenated alkanes) is 1. The zero-order valence-corrected chi connectivity index (χ0v) is 16.8. The van der Waals surface area contributed by atoms with E-state index in [1.807, 2.05) is 6.07 Å². The van der Waals surface area contributed by atoms with E-state index in [0.29, 0.717) is 23.0 Å². The van der Waals surface area contributed by atoms with E-state index in [1.54, 1.807) is 6.07 Å². The van der Waals surface area contributed by atoms with Crippen molar-refractivity contribution in [1.29, 1.82) is 0 Å². The van der Waals surface area contributed by atoms with Crippen LogP contribution in [0.25, 0.3) is 16.5 Å². The van der Waals surface area contributed by atoms with Gasteiger partial charge in [-0.25, -0.2) is 4.79 Å². The van der Waals surface area contributed by atoms with Gasteiger partial charge < -0.3 is 4.42 Å². The largest absolute Gasteiger partial charge is 0.423 e. The molecule has 3 aromatic rings. The molecule has 0 bridgehead atoms. The SMILES string of the molecule is O=c1ccc2c(CCCCN3CC=C(c4ccccc4)CC3)c([N+](=O)[O-])ccc2o1. The molecule has 4 rings (SSSR count). The lowest BCUT2D eigenvalue weighted by Gasteiger charge is -2.26. The second-order valence-electron chi connectivity index (χ2n) is 7.59. The van der Waals surface area contributed by atoms with Crippen molar-refractivity contribution in [3.8, 4) is 0 Å². The average Bonchev–Trinajstić information content (AvgIpc) is 2.77. The molecule has 6 heteroatoms.